The Hall–Kier alpha value is -0.820. The summed E-state index contributed by atoms with van der Waals surface area (Å²) >= 11 is 0. The molecule has 0 aromatic rings. The summed E-state index contributed by atoms with van der Waals surface area (Å²) in [5, 5.41) is 6.59. The highest BCUT2D eigenvalue weighted by Gasteiger charge is 2.42. The van der Waals surface area contributed by atoms with E-state index in [9.17, 15) is 8.42 Å². The molecule has 1 atom stereocenters. The predicted octanol–water partition coefficient (Wildman–Crippen LogP) is 2.10. The molecule has 7 heteroatoms. The molecule has 0 aromatic carbocycles. The van der Waals surface area contributed by atoms with Crippen molar-refractivity contribution in [1.29, 1.82) is 0 Å². The first-order chi connectivity index (χ1) is 11.3. The van der Waals surface area contributed by atoms with Gasteiger partial charge in [0, 0.05) is 39.1 Å². The number of sulfone groups is 1. The van der Waals surface area contributed by atoms with Crippen LogP contribution in [0.3, 0.4) is 0 Å². The van der Waals surface area contributed by atoms with Gasteiger partial charge in [-0.3, -0.25) is 4.99 Å². The van der Waals surface area contributed by atoms with Gasteiger partial charge in [0.25, 0.3) is 0 Å². The molecular formula is C17H35N3O3S. The van der Waals surface area contributed by atoms with E-state index >= 15 is 0 Å². The summed E-state index contributed by atoms with van der Waals surface area (Å²) in [6, 6.07) is 0.317. The maximum Gasteiger partial charge on any atom is 0.191 e. The summed E-state index contributed by atoms with van der Waals surface area (Å²) in [5.74, 6) is 0.674. The SMILES string of the molecule is CCCCCCC(C)NC(=NC)NCC1(S(C)(=O)=O)CCOCC1. The van der Waals surface area contributed by atoms with Gasteiger partial charge >= 0.3 is 0 Å². The van der Waals surface area contributed by atoms with Crippen LogP contribution >= 0.6 is 0 Å². The van der Waals surface area contributed by atoms with E-state index in [0.717, 1.165) is 6.42 Å². The van der Waals surface area contributed by atoms with E-state index in [4.69, 9.17) is 4.74 Å². The Kier molecular flexibility index (Phi) is 9.05. The molecule has 0 spiro atoms. The Morgan fingerprint density at radius 2 is 1.92 bits per heavy atom. The second-order valence-electron chi connectivity index (χ2n) is 6.89. The third-order valence-electron chi connectivity index (χ3n) is 4.87. The summed E-state index contributed by atoms with van der Waals surface area (Å²) in [5.41, 5.74) is 0. The van der Waals surface area contributed by atoms with E-state index in [1.165, 1.54) is 31.9 Å². The van der Waals surface area contributed by atoms with Gasteiger partial charge in [-0.2, -0.15) is 0 Å². The quantitative estimate of drug-likeness (QED) is 0.373. The van der Waals surface area contributed by atoms with Gasteiger partial charge in [0.15, 0.2) is 15.8 Å². The summed E-state index contributed by atoms with van der Waals surface area (Å²) in [7, 11) is -1.45. The highest BCUT2D eigenvalue weighted by molar-refractivity contribution is 7.92. The average Bonchev–Trinajstić information content (AvgIpc) is 2.55. The lowest BCUT2D eigenvalue weighted by Gasteiger charge is -2.36. The molecule has 1 fully saturated rings. The van der Waals surface area contributed by atoms with Crippen molar-refractivity contribution in [2.75, 3.05) is 33.1 Å². The number of nitrogens with one attached hydrogen (secondary N) is 2. The first kappa shape index (κ1) is 21.2. The second kappa shape index (κ2) is 10.2. The van der Waals surface area contributed by atoms with E-state index in [2.05, 4.69) is 29.5 Å². The highest BCUT2D eigenvalue weighted by atomic mass is 32.2. The monoisotopic (exact) mass is 361 g/mol. The fourth-order valence-electron chi connectivity index (χ4n) is 3.04. The molecule has 6 nitrogen and oxygen atoms in total. The molecule has 1 rings (SSSR count). The Balaban J connectivity index is 2.52. The minimum Gasteiger partial charge on any atom is -0.381 e. The molecule has 1 unspecified atom stereocenters. The van der Waals surface area contributed by atoms with E-state index in [1.54, 1.807) is 7.05 Å². The van der Waals surface area contributed by atoms with Gasteiger partial charge in [0.05, 0.1) is 4.75 Å². The smallest absolute Gasteiger partial charge is 0.191 e. The number of rotatable bonds is 9. The molecule has 1 heterocycles. The summed E-state index contributed by atoms with van der Waals surface area (Å²) in [6.07, 6.45) is 8.44. The standard InChI is InChI=1S/C17H35N3O3S/c1-5-6-7-8-9-15(2)20-16(18-3)19-14-17(24(4,21)22)10-12-23-13-11-17/h15H,5-14H2,1-4H3,(H2,18,19,20). The molecule has 0 saturated carbocycles. The van der Waals surface area contributed by atoms with Crippen LogP contribution in [-0.2, 0) is 14.6 Å². The largest absolute Gasteiger partial charge is 0.381 e. The Bertz CT molecular complexity index is 485. The molecule has 1 aliphatic heterocycles. The second-order valence-corrected chi connectivity index (χ2v) is 9.30. The van der Waals surface area contributed by atoms with Crippen LogP contribution in [0.1, 0.15) is 58.8 Å². The molecule has 1 aliphatic rings. The van der Waals surface area contributed by atoms with Crippen LogP contribution in [0.4, 0.5) is 0 Å². The van der Waals surface area contributed by atoms with E-state index in [1.807, 2.05) is 0 Å². The molecule has 142 valence electrons. The summed E-state index contributed by atoms with van der Waals surface area (Å²) < 4.78 is 29.1. The average molecular weight is 362 g/mol. The van der Waals surface area contributed by atoms with Crippen molar-refractivity contribution in [3.8, 4) is 0 Å². The predicted molar refractivity (Wildman–Crippen MR) is 100 cm³/mol. The maximum absolute atomic E-state index is 12.3. The van der Waals surface area contributed by atoms with Crippen molar-refractivity contribution < 1.29 is 13.2 Å². The lowest BCUT2D eigenvalue weighted by atomic mass is 9.99. The molecule has 0 aromatic heterocycles. The van der Waals surface area contributed by atoms with Crippen LogP contribution < -0.4 is 10.6 Å². The normalized spacial score (nSPS) is 19.8. The number of guanidine groups is 1. The van der Waals surface area contributed by atoms with Crippen LogP contribution in [-0.4, -0.2) is 58.2 Å². The van der Waals surface area contributed by atoms with Crippen molar-refractivity contribution in [1.82, 2.24) is 10.6 Å². The van der Waals surface area contributed by atoms with Gasteiger partial charge in [-0.05, 0) is 26.2 Å². The zero-order chi connectivity index (χ0) is 18.1. The fraction of sp³-hybridized carbons (Fsp3) is 0.941. The van der Waals surface area contributed by atoms with Crippen molar-refractivity contribution in [3.05, 3.63) is 0 Å². The van der Waals surface area contributed by atoms with Gasteiger partial charge in [-0.1, -0.05) is 32.6 Å². The number of unbranched alkanes of at least 4 members (excludes halogenated alkanes) is 3. The number of nitrogens with zero attached hydrogens (tertiary/aromatic N) is 1. The number of ether oxygens (including phenoxy) is 1. The Morgan fingerprint density at radius 3 is 2.46 bits per heavy atom. The third-order valence-corrected chi connectivity index (χ3v) is 6.99. The molecule has 2 N–H and O–H groups in total. The van der Waals surface area contributed by atoms with Crippen molar-refractivity contribution in [2.45, 2.75) is 69.6 Å². The van der Waals surface area contributed by atoms with Gasteiger partial charge < -0.3 is 15.4 Å². The number of hydrogen-bond acceptors (Lipinski definition) is 4. The van der Waals surface area contributed by atoms with Crippen molar-refractivity contribution >= 4 is 15.8 Å². The Morgan fingerprint density at radius 1 is 1.25 bits per heavy atom. The van der Waals surface area contributed by atoms with Crippen LogP contribution in [0.15, 0.2) is 4.99 Å². The topological polar surface area (TPSA) is 79.8 Å². The molecule has 1 saturated heterocycles. The highest BCUT2D eigenvalue weighted by Crippen LogP contribution is 2.28. The van der Waals surface area contributed by atoms with Crippen LogP contribution in [0.2, 0.25) is 0 Å². The number of hydrogen-bond donors (Lipinski definition) is 2. The van der Waals surface area contributed by atoms with Crippen LogP contribution in [0.5, 0.6) is 0 Å². The van der Waals surface area contributed by atoms with Crippen LogP contribution in [0.25, 0.3) is 0 Å². The molecule has 0 aliphatic carbocycles. The van der Waals surface area contributed by atoms with Crippen LogP contribution in [0, 0.1) is 0 Å². The summed E-state index contributed by atoms with van der Waals surface area (Å²) in [4.78, 5) is 4.24. The molecule has 0 radical (unpaired) electrons. The molecule has 0 bridgehead atoms. The van der Waals surface area contributed by atoms with Gasteiger partial charge in [0.2, 0.25) is 0 Å². The first-order valence-corrected chi connectivity index (χ1v) is 11.0. The molecule has 24 heavy (non-hydrogen) atoms. The summed E-state index contributed by atoms with van der Waals surface area (Å²) in [6.45, 7) is 5.71. The van der Waals surface area contributed by atoms with Gasteiger partial charge in [-0.25, -0.2) is 8.42 Å². The van der Waals surface area contributed by atoms with Crippen molar-refractivity contribution in [2.24, 2.45) is 4.99 Å². The van der Waals surface area contributed by atoms with Crippen molar-refractivity contribution in [3.63, 3.8) is 0 Å². The van der Waals surface area contributed by atoms with Gasteiger partial charge in [0.1, 0.15) is 0 Å². The Labute approximate surface area is 147 Å². The lowest BCUT2D eigenvalue weighted by molar-refractivity contribution is 0.0756. The zero-order valence-electron chi connectivity index (χ0n) is 15.7. The number of aliphatic imine (C=N–C) groups is 1. The fourth-order valence-corrected chi connectivity index (χ4v) is 4.29. The maximum atomic E-state index is 12.3. The van der Waals surface area contributed by atoms with E-state index in [-0.39, 0.29) is 0 Å². The van der Waals surface area contributed by atoms with Gasteiger partial charge in [-0.15, -0.1) is 0 Å². The van der Waals surface area contributed by atoms with E-state index in [0.29, 0.717) is 44.6 Å². The van der Waals surface area contributed by atoms with E-state index < -0.39 is 14.6 Å². The minimum atomic E-state index is -3.17. The molecular weight excluding hydrogens is 326 g/mol. The zero-order valence-corrected chi connectivity index (χ0v) is 16.5. The third kappa shape index (κ3) is 6.59. The lowest BCUT2D eigenvalue weighted by Crippen LogP contribution is -2.54. The molecule has 0 amide bonds. The minimum absolute atomic E-state index is 0.317. The first-order valence-electron chi connectivity index (χ1n) is 9.09.